The summed E-state index contributed by atoms with van der Waals surface area (Å²) in [7, 11) is 0. The van der Waals surface area contributed by atoms with Crippen molar-refractivity contribution in [1.82, 2.24) is 0 Å². The molecule has 0 atom stereocenters. The Morgan fingerprint density at radius 1 is 1.29 bits per heavy atom. The number of carboxylic acid groups (broad SMARTS) is 1. The van der Waals surface area contributed by atoms with E-state index in [1.54, 1.807) is 31.2 Å². The second-order valence-electron chi connectivity index (χ2n) is 5.68. The first-order chi connectivity index (χ1) is 11.3. The SMILES string of the molecule is Cc1c(NCc2cc(Cl)cc(Cl)c2OC(C)C)cccc1C(=O)O. The van der Waals surface area contributed by atoms with E-state index in [2.05, 4.69) is 5.32 Å². The van der Waals surface area contributed by atoms with Gasteiger partial charge in [-0.25, -0.2) is 4.79 Å². The van der Waals surface area contributed by atoms with Gasteiger partial charge in [-0.1, -0.05) is 29.3 Å². The molecule has 0 heterocycles. The zero-order valence-electron chi connectivity index (χ0n) is 13.7. The van der Waals surface area contributed by atoms with E-state index in [0.29, 0.717) is 27.9 Å². The number of hydrogen-bond acceptors (Lipinski definition) is 3. The van der Waals surface area contributed by atoms with E-state index in [4.69, 9.17) is 27.9 Å². The molecule has 0 aliphatic heterocycles. The van der Waals surface area contributed by atoms with E-state index in [9.17, 15) is 9.90 Å². The highest BCUT2D eigenvalue weighted by Gasteiger charge is 2.14. The average molecular weight is 368 g/mol. The minimum Gasteiger partial charge on any atom is -0.489 e. The van der Waals surface area contributed by atoms with E-state index in [-0.39, 0.29) is 11.7 Å². The van der Waals surface area contributed by atoms with Crippen molar-refractivity contribution in [1.29, 1.82) is 0 Å². The number of carbonyl (C=O) groups is 1. The Balaban J connectivity index is 2.29. The number of aromatic carboxylic acids is 1. The number of hydrogen-bond donors (Lipinski definition) is 2. The van der Waals surface area contributed by atoms with Gasteiger partial charge in [0.15, 0.2) is 0 Å². The van der Waals surface area contributed by atoms with Gasteiger partial charge in [-0.05, 0) is 50.6 Å². The highest BCUT2D eigenvalue weighted by Crippen LogP contribution is 2.34. The number of ether oxygens (including phenoxy) is 1. The van der Waals surface area contributed by atoms with Gasteiger partial charge in [0.25, 0.3) is 0 Å². The molecule has 2 aromatic rings. The molecule has 6 heteroatoms. The van der Waals surface area contributed by atoms with Gasteiger partial charge >= 0.3 is 5.97 Å². The molecule has 0 fully saturated rings. The van der Waals surface area contributed by atoms with Crippen molar-refractivity contribution in [2.45, 2.75) is 33.4 Å². The van der Waals surface area contributed by atoms with Crippen LogP contribution in [0.2, 0.25) is 10.0 Å². The molecule has 0 aliphatic carbocycles. The van der Waals surface area contributed by atoms with Crippen molar-refractivity contribution in [3.05, 3.63) is 57.1 Å². The maximum absolute atomic E-state index is 11.2. The van der Waals surface area contributed by atoms with Crippen LogP contribution in [0.3, 0.4) is 0 Å². The van der Waals surface area contributed by atoms with Crippen LogP contribution in [0.1, 0.15) is 35.3 Å². The molecule has 0 amide bonds. The van der Waals surface area contributed by atoms with Crippen molar-refractivity contribution < 1.29 is 14.6 Å². The summed E-state index contributed by atoms with van der Waals surface area (Å²) in [5.41, 5.74) is 2.48. The molecule has 0 bridgehead atoms. The minimum atomic E-state index is -0.953. The highest BCUT2D eigenvalue weighted by atomic mass is 35.5. The van der Waals surface area contributed by atoms with Gasteiger partial charge in [0.1, 0.15) is 5.75 Å². The Labute approximate surface area is 151 Å². The molecule has 4 nitrogen and oxygen atoms in total. The second kappa shape index (κ2) is 7.77. The van der Waals surface area contributed by atoms with Crippen LogP contribution in [0, 0.1) is 6.92 Å². The molecular weight excluding hydrogens is 349 g/mol. The Morgan fingerprint density at radius 3 is 2.62 bits per heavy atom. The normalized spacial score (nSPS) is 10.8. The minimum absolute atomic E-state index is 0.0282. The molecule has 128 valence electrons. The molecule has 0 saturated heterocycles. The first kappa shape index (κ1) is 18.4. The standard InChI is InChI=1S/C18H19Cl2NO3/c1-10(2)24-17-12(7-13(19)8-15(17)20)9-21-16-6-4-5-14(11(16)3)18(22)23/h4-8,10,21H,9H2,1-3H3,(H,22,23). The van der Waals surface area contributed by atoms with Crippen LogP contribution >= 0.6 is 23.2 Å². The van der Waals surface area contributed by atoms with Crippen molar-refractivity contribution >= 4 is 34.9 Å². The van der Waals surface area contributed by atoms with Crippen molar-refractivity contribution in [3.8, 4) is 5.75 Å². The number of carboxylic acids is 1. The summed E-state index contributed by atoms with van der Waals surface area (Å²) in [6.07, 6.45) is -0.0282. The fraction of sp³-hybridized carbons (Fsp3) is 0.278. The molecule has 2 N–H and O–H groups in total. The predicted molar refractivity (Wildman–Crippen MR) is 97.7 cm³/mol. The number of anilines is 1. The van der Waals surface area contributed by atoms with Gasteiger partial charge in [-0.15, -0.1) is 0 Å². The van der Waals surface area contributed by atoms with Crippen LogP contribution in [-0.4, -0.2) is 17.2 Å². The number of rotatable bonds is 6. The number of benzene rings is 2. The summed E-state index contributed by atoms with van der Waals surface area (Å²) in [6, 6.07) is 8.54. The fourth-order valence-electron chi connectivity index (χ4n) is 2.36. The van der Waals surface area contributed by atoms with Crippen LogP contribution in [0.4, 0.5) is 5.69 Å². The van der Waals surface area contributed by atoms with Gasteiger partial charge in [-0.2, -0.15) is 0 Å². The molecule has 2 rings (SSSR count). The Kier molecular flexibility index (Phi) is 5.97. The van der Waals surface area contributed by atoms with Gasteiger partial charge in [-0.3, -0.25) is 0 Å². The Morgan fingerprint density at radius 2 is 2.00 bits per heavy atom. The molecule has 0 radical (unpaired) electrons. The largest absolute Gasteiger partial charge is 0.489 e. The number of halogens is 2. The molecular formula is C18H19Cl2NO3. The van der Waals surface area contributed by atoms with Crippen molar-refractivity contribution in [3.63, 3.8) is 0 Å². The molecule has 0 spiro atoms. The van der Waals surface area contributed by atoms with Gasteiger partial charge in [0.2, 0.25) is 0 Å². The van der Waals surface area contributed by atoms with Crippen LogP contribution in [0.25, 0.3) is 0 Å². The molecule has 0 unspecified atom stereocenters. The maximum Gasteiger partial charge on any atom is 0.336 e. The third kappa shape index (κ3) is 4.34. The maximum atomic E-state index is 11.2. The molecule has 0 saturated carbocycles. The topological polar surface area (TPSA) is 58.6 Å². The summed E-state index contributed by atoms with van der Waals surface area (Å²) in [5, 5.41) is 13.4. The van der Waals surface area contributed by atoms with E-state index >= 15 is 0 Å². The van der Waals surface area contributed by atoms with Gasteiger partial charge in [0.05, 0.1) is 16.7 Å². The van der Waals surface area contributed by atoms with E-state index < -0.39 is 5.97 Å². The Bertz CT molecular complexity index is 760. The lowest BCUT2D eigenvalue weighted by molar-refractivity contribution is 0.0696. The summed E-state index contributed by atoms with van der Waals surface area (Å²) in [4.78, 5) is 11.2. The Hall–Kier alpha value is -1.91. The summed E-state index contributed by atoms with van der Waals surface area (Å²) in [6.45, 7) is 6.01. The van der Waals surface area contributed by atoms with Crippen LogP contribution in [-0.2, 0) is 6.54 Å². The third-order valence-electron chi connectivity index (χ3n) is 3.47. The quantitative estimate of drug-likeness (QED) is 0.717. The first-order valence-electron chi connectivity index (χ1n) is 7.51. The van der Waals surface area contributed by atoms with Gasteiger partial charge in [0, 0.05) is 22.8 Å². The third-order valence-corrected chi connectivity index (χ3v) is 3.97. The lowest BCUT2D eigenvalue weighted by Crippen LogP contribution is -2.11. The first-order valence-corrected chi connectivity index (χ1v) is 8.26. The second-order valence-corrected chi connectivity index (χ2v) is 6.52. The zero-order valence-corrected chi connectivity index (χ0v) is 15.2. The van der Waals surface area contributed by atoms with E-state index in [0.717, 1.165) is 11.3 Å². The summed E-state index contributed by atoms with van der Waals surface area (Å²) in [5.74, 6) is -0.374. The lowest BCUT2D eigenvalue weighted by atomic mass is 10.1. The lowest BCUT2D eigenvalue weighted by Gasteiger charge is -2.18. The van der Waals surface area contributed by atoms with Crippen LogP contribution in [0.5, 0.6) is 5.75 Å². The predicted octanol–water partition coefficient (Wildman–Crippen LogP) is 5.40. The zero-order chi connectivity index (χ0) is 17.9. The fourth-order valence-corrected chi connectivity index (χ4v) is 2.94. The highest BCUT2D eigenvalue weighted by molar-refractivity contribution is 6.35. The average Bonchev–Trinajstić information content (AvgIpc) is 2.48. The number of nitrogens with one attached hydrogen (secondary N) is 1. The van der Waals surface area contributed by atoms with E-state index in [1.165, 1.54) is 0 Å². The molecule has 24 heavy (non-hydrogen) atoms. The van der Waals surface area contributed by atoms with E-state index in [1.807, 2.05) is 19.9 Å². The molecule has 0 aliphatic rings. The molecule has 0 aromatic heterocycles. The summed E-state index contributed by atoms with van der Waals surface area (Å²) >= 11 is 12.3. The monoisotopic (exact) mass is 367 g/mol. The van der Waals surface area contributed by atoms with Gasteiger partial charge < -0.3 is 15.2 Å². The van der Waals surface area contributed by atoms with Crippen LogP contribution in [0.15, 0.2) is 30.3 Å². The molecule has 2 aromatic carbocycles. The summed E-state index contributed by atoms with van der Waals surface area (Å²) < 4.78 is 5.79. The van der Waals surface area contributed by atoms with Crippen molar-refractivity contribution in [2.24, 2.45) is 0 Å². The smallest absolute Gasteiger partial charge is 0.336 e. The van der Waals surface area contributed by atoms with Crippen LogP contribution < -0.4 is 10.1 Å². The van der Waals surface area contributed by atoms with Crippen molar-refractivity contribution in [2.75, 3.05) is 5.32 Å².